The number of ether oxygens (including phenoxy) is 1. The van der Waals surface area contributed by atoms with E-state index in [0.717, 1.165) is 5.56 Å². The van der Waals surface area contributed by atoms with Gasteiger partial charge >= 0.3 is 5.97 Å². The first kappa shape index (κ1) is 19.0. The number of benzene rings is 1. The van der Waals surface area contributed by atoms with E-state index in [4.69, 9.17) is 4.74 Å². The lowest BCUT2D eigenvalue weighted by Gasteiger charge is -2.39. The third-order valence-corrected chi connectivity index (χ3v) is 5.58. The van der Waals surface area contributed by atoms with Crippen molar-refractivity contribution < 1.29 is 19.1 Å². The standard InChI is InChI=1S/C21H22N4O4/c1-13-9-23-17(10-22-13)20(27)24-11-15-8-16(21(28)29-2)19(25(15)18(26)12-24)14-6-4-3-5-7-14/h3-7,9-10,15-16,19H,8,11-12H2,1-2H3/t15-,16-,19-/m0/s1. The second-order valence-corrected chi connectivity index (χ2v) is 7.40. The van der Waals surface area contributed by atoms with Gasteiger partial charge in [0.05, 0.1) is 37.0 Å². The highest BCUT2D eigenvalue weighted by molar-refractivity contribution is 5.96. The van der Waals surface area contributed by atoms with Crippen molar-refractivity contribution in [2.24, 2.45) is 5.92 Å². The number of methoxy groups -OCH3 is 1. The molecule has 8 heteroatoms. The Morgan fingerprint density at radius 1 is 1.14 bits per heavy atom. The maximum Gasteiger partial charge on any atom is 0.311 e. The topological polar surface area (TPSA) is 92.7 Å². The fourth-order valence-electron chi connectivity index (χ4n) is 4.28. The third kappa shape index (κ3) is 3.46. The van der Waals surface area contributed by atoms with Crippen molar-refractivity contribution in [1.82, 2.24) is 19.8 Å². The third-order valence-electron chi connectivity index (χ3n) is 5.58. The summed E-state index contributed by atoms with van der Waals surface area (Å²) in [5.74, 6) is -1.33. The first-order chi connectivity index (χ1) is 14.0. The molecule has 0 radical (unpaired) electrons. The average molecular weight is 394 g/mol. The Bertz CT molecular complexity index is 931. The lowest BCUT2D eigenvalue weighted by atomic mass is 9.93. The van der Waals surface area contributed by atoms with E-state index in [9.17, 15) is 14.4 Å². The highest BCUT2D eigenvalue weighted by atomic mass is 16.5. The van der Waals surface area contributed by atoms with E-state index in [1.807, 2.05) is 30.3 Å². The van der Waals surface area contributed by atoms with Gasteiger partial charge < -0.3 is 14.5 Å². The van der Waals surface area contributed by atoms with Crippen LogP contribution >= 0.6 is 0 Å². The average Bonchev–Trinajstić information content (AvgIpc) is 3.14. The van der Waals surface area contributed by atoms with Gasteiger partial charge in [-0.3, -0.25) is 19.4 Å². The molecule has 150 valence electrons. The summed E-state index contributed by atoms with van der Waals surface area (Å²) in [6.07, 6.45) is 3.40. The molecule has 0 saturated carbocycles. The molecule has 2 fully saturated rings. The van der Waals surface area contributed by atoms with Crippen LogP contribution in [-0.4, -0.2) is 63.8 Å². The van der Waals surface area contributed by atoms with Crippen molar-refractivity contribution in [1.29, 1.82) is 0 Å². The number of carbonyl (C=O) groups excluding carboxylic acids is 3. The molecule has 3 atom stereocenters. The van der Waals surface area contributed by atoms with Crippen molar-refractivity contribution in [3.63, 3.8) is 0 Å². The van der Waals surface area contributed by atoms with E-state index in [2.05, 4.69) is 9.97 Å². The molecule has 3 heterocycles. The summed E-state index contributed by atoms with van der Waals surface area (Å²) < 4.78 is 5.01. The minimum Gasteiger partial charge on any atom is -0.469 e. The molecule has 8 nitrogen and oxygen atoms in total. The van der Waals surface area contributed by atoms with E-state index < -0.39 is 12.0 Å². The molecular formula is C21H22N4O4. The van der Waals surface area contributed by atoms with E-state index in [-0.39, 0.29) is 36.1 Å². The quantitative estimate of drug-likeness (QED) is 0.730. The van der Waals surface area contributed by atoms with Gasteiger partial charge in [0.1, 0.15) is 12.2 Å². The number of amides is 2. The molecule has 2 saturated heterocycles. The Labute approximate surface area is 168 Å². The smallest absolute Gasteiger partial charge is 0.311 e. The van der Waals surface area contributed by atoms with E-state index >= 15 is 0 Å². The maximum atomic E-state index is 13.1. The van der Waals surface area contributed by atoms with Gasteiger partial charge in [-0.05, 0) is 18.9 Å². The molecule has 4 rings (SSSR count). The number of fused-ring (bicyclic) bond motifs is 1. The van der Waals surface area contributed by atoms with Crippen LogP contribution in [0.2, 0.25) is 0 Å². The Kier molecular flexibility index (Phi) is 5.00. The molecule has 0 bridgehead atoms. The van der Waals surface area contributed by atoms with E-state index in [0.29, 0.717) is 18.7 Å². The minimum absolute atomic E-state index is 0.0535. The van der Waals surface area contributed by atoms with Crippen LogP contribution in [0.15, 0.2) is 42.7 Å². The molecule has 2 aliphatic rings. The SMILES string of the molecule is COC(=O)[C@H]1C[C@H]2CN(C(=O)c3cnc(C)cn3)CC(=O)N2[C@H]1c1ccccc1. The van der Waals surface area contributed by atoms with Gasteiger partial charge in [-0.2, -0.15) is 0 Å². The van der Waals surface area contributed by atoms with Gasteiger partial charge in [0.25, 0.3) is 5.91 Å². The fourth-order valence-corrected chi connectivity index (χ4v) is 4.28. The predicted octanol–water partition coefficient (Wildman–Crippen LogP) is 1.37. The summed E-state index contributed by atoms with van der Waals surface area (Å²) in [6.45, 7) is 2.08. The molecular weight excluding hydrogens is 372 g/mol. The highest BCUT2D eigenvalue weighted by Crippen LogP contribution is 2.43. The number of carbonyl (C=O) groups is 3. The molecule has 0 aliphatic carbocycles. The number of rotatable bonds is 3. The van der Waals surface area contributed by atoms with Gasteiger partial charge in [0.2, 0.25) is 5.91 Å². The van der Waals surface area contributed by atoms with E-state index in [1.54, 1.807) is 11.8 Å². The first-order valence-electron chi connectivity index (χ1n) is 9.51. The van der Waals surface area contributed by atoms with Gasteiger partial charge in [-0.15, -0.1) is 0 Å². The number of piperazine rings is 1. The van der Waals surface area contributed by atoms with Crippen LogP contribution in [0.3, 0.4) is 0 Å². The summed E-state index contributed by atoms with van der Waals surface area (Å²) in [5, 5.41) is 0. The van der Waals surface area contributed by atoms with Crippen molar-refractivity contribution >= 4 is 17.8 Å². The lowest BCUT2D eigenvalue weighted by Crippen LogP contribution is -2.56. The van der Waals surface area contributed by atoms with Gasteiger partial charge in [0.15, 0.2) is 0 Å². The highest BCUT2D eigenvalue weighted by Gasteiger charge is 2.51. The molecule has 2 aromatic rings. The molecule has 0 spiro atoms. The Balaban J connectivity index is 1.61. The lowest BCUT2D eigenvalue weighted by molar-refractivity contribution is -0.147. The Morgan fingerprint density at radius 3 is 2.55 bits per heavy atom. The van der Waals surface area contributed by atoms with Gasteiger partial charge in [0, 0.05) is 12.7 Å². The second kappa shape index (κ2) is 7.62. The molecule has 1 aromatic heterocycles. The molecule has 0 unspecified atom stereocenters. The monoisotopic (exact) mass is 394 g/mol. The number of nitrogens with zero attached hydrogens (tertiary/aromatic N) is 4. The predicted molar refractivity (Wildman–Crippen MR) is 103 cm³/mol. The van der Waals surface area contributed by atoms with Crippen LogP contribution in [0.25, 0.3) is 0 Å². The van der Waals surface area contributed by atoms with Crippen molar-refractivity contribution in [2.75, 3.05) is 20.2 Å². The summed E-state index contributed by atoms with van der Waals surface area (Å²) >= 11 is 0. The normalized spacial score (nSPS) is 23.7. The van der Waals surface area contributed by atoms with Gasteiger partial charge in [-0.1, -0.05) is 30.3 Å². The zero-order chi connectivity index (χ0) is 20.5. The molecule has 0 N–H and O–H groups in total. The zero-order valence-corrected chi connectivity index (χ0v) is 16.3. The summed E-state index contributed by atoms with van der Waals surface area (Å²) in [6, 6.07) is 8.84. The minimum atomic E-state index is -0.467. The Hall–Kier alpha value is -3.29. The molecule has 1 aromatic carbocycles. The molecule has 29 heavy (non-hydrogen) atoms. The van der Waals surface area contributed by atoms with E-state index in [1.165, 1.54) is 24.4 Å². The van der Waals surface area contributed by atoms with Crippen molar-refractivity contribution in [2.45, 2.75) is 25.4 Å². The first-order valence-corrected chi connectivity index (χ1v) is 9.51. The van der Waals surface area contributed by atoms with Crippen LogP contribution in [-0.2, 0) is 14.3 Å². The van der Waals surface area contributed by atoms with Crippen LogP contribution in [0.1, 0.15) is 34.2 Å². The largest absolute Gasteiger partial charge is 0.469 e. The summed E-state index contributed by atoms with van der Waals surface area (Å²) in [4.78, 5) is 49.8. The van der Waals surface area contributed by atoms with Gasteiger partial charge in [-0.25, -0.2) is 4.98 Å². The van der Waals surface area contributed by atoms with Crippen LogP contribution in [0.4, 0.5) is 0 Å². The zero-order valence-electron chi connectivity index (χ0n) is 16.3. The fraction of sp³-hybridized carbons (Fsp3) is 0.381. The van der Waals surface area contributed by atoms with Crippen LogP contribution in [0.5, 0.6) is 0 Å². The summed E-state index contributed by atoms with van der Waals surface area (Å²) in [5.41, 5.74) is 1.81. The number of aryl methyl sites for hydroxylation is 1. The van der Waals surface area contributed by atoms with Crippen LogP contribution in [0, 0.1) is 12.8 Å². The Morgan fingerprint density at radius 2 is 1.90 bits per heavy atom. The van der Waals surface area contributed by atoms with Crippen molar-refractivity contribution in [3.05, 3.63) is 59.7 Å². The molecule has 2 aliphatic heterocycles. The number of aromatic nitrogens is 2. The van der Waals surface area contributed by atoms with Crippen LogP contribution < -0.4 is 0 Å². The second-order valence-electron chi connectivity index (χ2n) is 7.40. The maximum absolute atomic E-state index is 13.1. The summed E-state index contributed by atoms with van der Waals surface area (Å²) in [7, 11) is 1.36. The number of hydrogen-bond acceptors (Lipinski definition) is 6. The molecule has 2 amide bonds. The number of esters is 1. The number of hydrogen-bond donors (Lipinski definition) is 0. The van der Waals surface area contributed by atoms with Crippen molar-refractivity contribution in [3.8, 4) is 0 Å².